The Morgan fingerprint density at radius 3 is 3.40 bits per heavy atom. The van der Waals surface area contributed by atoms with Gasteiger partial charge in [-0.1, -0.05) is 15.9 Å². The third-order valence-corrected chi connectivity index (χ3v) is 1.29. The molecule has 0 N–H and O–H groups in total. The third kappa shape index (κ3) is 2.08. The first-order valence-electron chi connectivity index (χ1n) is 4.19. The Morgan fingerprint density at radius 2 is 2.70 bits per heavy atom. The summed E-state index contributed by atoms with van der Waals surface area (Å²) in [6.07, 6.45) is -0.144. The zero-order valence-corrected chi connectivity index (χ0v) is 7.03. The minimum atomic E-state index is -0.144. The molecule has 0 aromatic carbocycles. The number of hydrogen-bond donors (Lipinski definition) is 0. The molecule has 3 heteroatoms. The highest BCUT2D eigenvalue weighted by molar-refractivity contribution is 9.10. The Balaban J connectivity index is 3.24. The lowest BCUT2D eigenvalue weighted by molar-refractivity contribution is 0.181. The van der Waals surface area contributed by atoms with Crippen molar-refractivity contribution in [2.45, 2.75) is 6.61 Å². The summed E-state index contributed by atoms with van der Waals surface area (Å²) in [4.78, 5) is 3.76. The SMILES string of the molecule is [2H]c1nc(COC)c([2H])c(Br)c1[2H]. The van der Waals surface area contributed by atoms with Crippen molar-refractivity contribution in [1.82, 2.24) is 4.98 Å². The highest BCUT2D eigenvalue weighted by Gasteiger charge is 1.91. The van der Waals surface area contributed by atoms with E-state index >= 15 is 0 Å². The molecule has 0 radical (unpaired) electrons. The molecule has 54 valence electrons. The van der Waals surface area contributed by atoms with Crippen LogP contribution in [0.2, 0.25) is 0 Å². The second kappa shape index (κ2) is 3.68. The first-order chi connectivity index (χ1) is 6.07. The fraction of sp³-hybridized carbons (Fsp3) is 0.286. The fourth-order valence-corrected chi connectivity index (χ4v) is 0.853. The Bertz CT molecular complexity index is 332. The van der Waals surface area contributed by atoms with Gasteiger partial charge < -0.3 is 4.74 Å². The maximum atomic E-state index is 7.54. The monoisotopic (exact) mass is 204 g/mol. The summed E-state index contributed by atoms with van der Waals surface area (Å²) in [5.74, 6) is 0. The topological polar surface area (TPSA) is 22.1 Å². The molecule has 0 aliphatic rings. The van der Waals surface area contributed by atoms with Crippen LogP contribution in [0.1, 0.15) is 9.81 Å². The van der Waals surface area contributed by atoms with Crippen molar-refractivity contribution in [2.24, 2.45) is 0 Å². The van der Waals surface area contributed by atoms with Gasteiger partial charge in [0, 0.05) is 17.8 Å². The van der Waals surface area contributed by atoms with Gasteiger partial charge in [0.25, 0.3) is 0 Å². The Kier molecular flexibility index (Phi) is 1.64. The van der Waals surface area contributed by atoms with Crippen molar-refractivity contribution in [1.29, 1.82) is 0 Å². The lowest BCUT2D eigenvalue weighted by atomic mass is 10.4. The van der Waals surface area contributed by atoms with Crippen LogP contribution < -0.4 is 0 Å². The normalized spacial score (nSPS) is 14.0. The average molecular weight is 205 g/mol. The second-order valence-electron chi connectivity index (χ2n) is 1.67. The van der Waals surface area contributed by atoms with Crippen LogP contribution in [0.25, 0.3) is 0 Å². The molecule has 0 saturated carbocycles. The van der Waals surface area contributed by atoms with Gasteiger partial charge in [-0.05, 0) is 12.1 Å². The van der Waals surface area contributed by atoms with E-state index in [2.05, 4.69) is 20.9 Å². The standard InChI is InChI=1S/C7H8BrNO/c1-10-5-7-4-6(8)2-3-9-7/h2-4H,5H2,1H3/i2D,3D,4D. The molecule has 1 aromatic rings. The molecule has 2 nitrogen and oxygen atoms in total. The van der Waals surface area contributed by atoms with Gasteiger partial charge in [-0.3, -0.25) is 4.98 Å². The Labute approximate surface area is 72.6 Å². The third-order valence-electron chi connectivity index (χ3n) is 0.892. The number of pyridine rings is 1. The van der Waals surface area contributed by atoms with Crippen LogP contribution in [0.15, 0.2) is 22.7 Å². The first kappa shape index (κ1) is 4.46. The molecule has 0 saturated heterocycles. The molecule has 0 atom stereocenters. The summed E-state index contributed by atoms with van der Waals surface area (Å²) in [6.45, 7) is 0.184. The number of ether oxygens (including phenoxy) is 1. The smallest absolute Gasteiger partial charge is 0.0884 e. The molecule has 10 heavy (non-hydrogen) atoms. The molecule has 0 aliphatic heterocycles. The number of methoxy groups -OCH3 is 1. The lowest BCUT2D eigenvalue weighted by Gasteiger charge is -1.96. The van der Waals surface area contributed by atoms with Gasteiger partial charge in [-0.25, -0.2) is 0 Å². The first-order valence-corrected chi connectivity index (χ1v) is 3.48. The highest BCUT2D eigenvalue weighted by Crippen LogP contribution is 2.09. The van der Waals surface area contributed by atoms with E-state index < -0.39 is 0 Å². The van der Waals surface area contributed by atoms with Gasteiger partial charge in [0.05, 0.1) is 16.4 Å². The molecule has 0 unspecified atom stereocenters. The lowest BCUT2D eigenvalue weighted by Crippen LogP contribution is -1.90. The van der Waals surface area contributed by atoms with Gasteiger partial charge in [-0.2, -0.15) is 0 Å². The van der Waals surface area contributed by atoms with E-state index in [0.717, 1.165) is 0 Å². The van der Waals surface area contributed by atoms with Gasteiger partial charge in [0.1, 0.15) is 0 Å². The Morgan fingerprint density at radius 1 is 1.90 bits per heavy atom. The number of nitrogens with zero attached hydrogens (tertiary/aromatic N) is 1. The summed E-state index contributed by atoms with van der Waals surface area (Å²) in [5.41, 5.74) is 0.371. The maximum Gasteiger partial charge on any atom is 0.0884 e. The van der Waals surface area contributed by atoms with Crippen molar-refractivity contribution in [3.05, 3.63) is 28.4 Å². The van der Waals surface area contributed by atoms with Crippen molar-refractivity contribution in [3.63, 3.8) is 0 Å². The predicted molar refractivity (Wildman–Crippen MR) is 42.7 cm³/mol. The van der Waals surface area contributed by atoms with E-state index in [1.807, 2.05) is 0 Å². The average Bonchev–Trinajstić information content (AvgIpc) is 2.11. The van der Waals surface area contributed by atoms with Gasteiger partial charge in [0.15, 0.2) is 0 Å². The summed E-state index contributed by atoms with van der Waals surface area (Å²) in [7, 11) is 1.49. The maximum absolute atomic E-state index is 7.54. The van der Waals surface area contributed by atoms with Crippen molar-refractivity contribution >= 4 is 15.9 Å². The van der Waals surface area contributed by atoms with E-state index in [0.29, 0.717) is 10.2 Å². The van der Waals surface area contributed by atoms with Crippen molar-refractivity contribution in [2.75, 3.05) is 7.11 Å². The van der Waals surface area contributed by atoms with Crippen LogP contribution in [-0.4, -0.2) is 12.1 Å². The zero-order chi connectivity index (χ0) is 10.0. The number of aromatic nitrogens is 1. The summed E-state index contributed by atoms with van der Waals surface area (Å²) in [5, 5.41) is 0. The molecule has 0 aliphatic carbocycles. The number of hydrogen-bond acceptors (Lipinski definition) is 2. The molecule has 0 fully saturated rings. The number of rotatable bonds is 2. The van der Waals surface area contributed by atoms with E-state index in [4.69, 9.17) is 8.85 Å². The minimum Gasteiger partial charge on any atom is -0.378 e. The molecule has 0 bridgehead atoms. The fourth-order valence-electron chi connectivity index (χ4n) is 0.535. The summed E-state index contributed by atoms with van der Waals surface area (Å²) < 4.78 is 27.3. The zero-order valence-electron chi connectivity index (χ0n) is 8.44. The quantitative estimate of drug-likeness (QED) is 0.736. The van der Waals surface area contributed by atoms with Gasteiger partial charge in [0.2, 0.25) is 0 Å². The molecule has 1 heterocycles. The van der Waals surface area contributed by atoms with Crippen LogP contribution in [0.4, 0.5) is 0 Å². The van der Waals surface area contributed by atoms with Gasteiger partial charge >= 0.3 is 0 Å². The molecular weight excluding hydrogens is 194 g/mol. The molecule has 0 amide bonds. The van der Waals surface area contributed by atoms with Crippen LogP contribution in [-0.2, 0) is 11.3 Å². The molecule has 0 spiro atoms. The van der Waals surface area contributed by atoms with E-state index in [1.54, 1.807) is 0 Å². The second-order valence-corrected chi connectivity index (χ2v) is 2.46. The highest BCUT2D eigenvalue weighted by atomic mass is 79.9. The summed E-state index contributed by atoms with van der Waals surface area (Å²) in [6, 6.07) is 0.0488. The summed E-state index contributed by atoms with van der Waals surface area (Å²) >= 11 is 3.06. The van der Waals surface area contributed by atoms with E-state index in [9.17, 15) is 0 Å². The van der Waals surface area contributed by atoms with Crippen molar-refractivity contribution < 1.29 is 8.85 Å². The molecule has 1 rings (SSSR count). The van der Waals surface area contributed by atoms with Gasteiger partial charge in [-0.15, -0.1) is 0 Å². The predicted octanol–water partition coefficient (Wildman–Crippen LogP) is 1.99. The van der Waals surface area contributed by atoms with Crippen LogP contribution >= 0.6 is 15.9 Å². The number of halogens is 1. The minimum absolute atomic E-state index is 0.0650. The van der Waals surface area contributed by atoms with E-state index in [-0.39, 0.29) is 24.9 Å². The molecule has 1 aromatic heterocycles. The van der Waals surface area contributed by atoms with Crippen LogP contribution in [0, 0.1) is 0 Å². The van der Waals surface area contributed by atoms with Crippen LogP contribution in [0.3, 0.4) is 0 Å². The molecular formula is C7H8BrNO. The largest absolute Gasteiger partial charge is 0.378 e. The van der Waals surface area contributed by atoms with Crippen LogP contribution in [0.5, 0.6) is 0 Å². The van der Waals surface area contributed by atoms with E-state index in [1.165, 1.54) is 7.11 Å². The Hall–Kier alpha value is -0.410. The van der Waals surface area contributed by atoms with Crippen molar-refractivity contribution in [3.8, 4) is 0 Å².